The van der Waals surface area contributed by atoms with Crippen LogP contribution in [0.4, 0.5) is 11.4 Å². The van der Waals surface area contributed by atoms with Gasteiger partial charge in [0, 0.05) is 23.5 Å². The molecule has 0 saturated carbocycles. The summed E-state index contributed by atoms with van der Waals surface area (Å²) in [6, 6.07) is 11.9. The molecule has 0 unspecified atom stereocenters. The molecule has 0 spiro atoms. The summed E-state index contributed by atoms with van der Waals surface area (Å²) in [6.45, 7) is 0.213. The van der Waals surface area contributed by atoms with Gasteiger partial charge in [-0.3, -0.25) is 15.0 Å². The van der Waals surface area contributed by atoms with Gasteiger partial charge in [0.05, 0.1) is 12.2 Å². The van der Waals surface area contributed by atoms with Crippen LogP contribution in [0.5, 0.6) is 0 Å². The molecule has 6 N–H and O–H groups in total. The maximum absolute atomic E-state index is 12.8. The van der Waals surface area contributed by atoms with Crippen molar-refractivity contribution in [3.8, 4) is 0 Å². The highest BCUT2D eigenvalue weighted by atomic mass is 16.5. The van der Waals surface area contributed by atoms with Crippen LogP contribution in [0.3, 0.4) is 0 Å². The highest BCUT2D eigenvalue weighted by Crippen LogP contribution is 2.22. The predicted molar refractivity (Wildman–Crippen MR) is 108 cm³/mol. The van der Waals surface area contributed by atoms with Crippen LogP contribution < -0.4 is 16.0 Å². The molecular formula is C20H20N4O6. The number of hydrogen-bond acceptors (Lipinski definition) is 6. The average molecular weight is 412 g/mol. The van der Waals surface area contributed by atoms with Crippen LogP contribution in [0.2, 0.25) is 0 Å². The number of nitrogens with zero attached hydrogens (tertiary/aromatic N) is 1. The van der Waals surface area contributed by atoms with Gasteiger partial charge in [-0.1, -0.05) is 6.07 Å². The molecule has 1 aliphatic rings. The first kappa shape index (κ1) is 21.0. The van der Waals surface area contributed by atoms with E-state index in [1.807, 2.05) is 0 Å². The topological polar surface area (TPSA) is 166 Å². The van der Waals surface area contributed by atoms with Gasteiger partial charge in [-0.15, -0.1) is 0 Å². The van der Waals surface area contributed by atoms with Crippen LogP contribution in [-0.2, 0) is 14.3 Å². The van der Waals surface area contributed by atoms with E-state index in [1.54, 1.807) is 6.07 Å². The Hall–Kier alpha value is -3.76. The Morgan fingerprint density at radius 2 is 1.90 bits per heavy atom. The number of carboxylic acid groups (broad SMARTS) is 1. The second kappa shape index (κ2) is 8.72. The van der Waals surface area contributed by atoms with E-state index in [9.17, 15) is 19.5 Å². The lowest BCUT2D eigenvalue weighted by Gasteiger charge is -2.34. The van der Waals surface area contributed by atoms with E-state index in [-0.39, 0.29) is 24.6 Å². The number of carbonyl (C=O) groups excluding carboxylic acids is 2. The van der Waals surface area contributed by atoms with Gasteiger partial charge in [-0.05, 0) is 42.5 Å². The molecule has 0 aromatic heterocycles. The minimum atomic E-state index is -1.78. The fraction of sp³-hybridized carbons (Fsp3) is 0.200. The number of anilines is 2. The maximum atomic E-state index is 12.8. The molecule has 10 heteroatoms. The Bertz CT molecular complexity index is 991. The SMILES string of the molecule is N=C(N)c1ccc(NC(=O)[C@H](O)[C@H]2OCCN(c3cccc(C(=O)O)c3)C2=O)cc1. The molecular weight excluding hydrogens is 392 g/mol. The molecule has 1 heterocycles. The molecule has 2 aromatic carbocycles. The molecule has 0 bridgehead atoms. The lowest BCUT2D eigenvalue weighted by atomic mass is 10.1. The lowest BCUT2D eigenvalue weighted by Crippen LogP contribution is -2.55. The molecule has 10 nitrogen and oxygen atoms in total. The summed E-state index contributed by atoms with van der Waals surface area (Å²) in [5.41, 5.74) is 6.54. The number of amides is 2. The normalized spacial score (nSPS) is 17.3. The number of hydrogen-bond donors (Lipinski definition) is 5. The number of carbonyl (C=O) groups is 3. The molecule has 0 aliphatic carbocycles. The van der Waals surface area contributed by atoms with E-state index in [0.29, 0.717) is 16.9 Å². The second-order valence-electron chi connectivity index (χ2n) is 6.56. The Balaban J connectivity index is 1.72. The second-order valence-corrected chi connectivity index (χ2v) is 6.56. The number of benzene rings is 2. The highest BCUT2D eigenvalue weighted by Gasteiger charge is 2.39. The van der Waals surface area contributed by atoms with Gasteiger partial charge in [-0.25, -0.2) is 4.79 Å². The van der Waals surface area contributed by atoms with Crippen LogP contribution in [0.15, 0.2) is 48.5 Å². The number of nitrogens with one attached hydrogen (secondary N) is 2. The molecule has 3 rings (SSSR count). The summed E-state index contributed by atoms with van der Waals surface area (Å²) in [6.07, 6.45) is -3.22. The zero-order chi connectivity index (χ0) is 21.8. The average Bonchev–Trinajstić information content (AvgIpc) is 2.73. The Labute approximate surface area is 171 Å². The third kappa shape index (κ3) is 4.45. The van der Waals surface area contributed by atoms with E-state index < -0.39 is 30.0 Å². The zero-order valence-electron chi connectivity index (χ0n) is 15.7. The molecule has 1 aliphatic heterocycles. The first-order valence-corrected chi connectivity index (χ1v) is 8.97. The Morgan fingerprint density at radius 1 is 1.20 bits per heavy atom. The number of aliphatic hydroxyl groups excluding tert-OH is 1. The quantitative estimate of drug-likeness (QED) is 0.338. The van der Waals surface area contributed by atoms with Crippen LogP contribution in [0.25, 0.3) is 0 Å². The fourth-order valence-corrected chi connectivity index (χ4v) is 2.98. The number of nitrogens with two attached hydrogens (primary N) is 1. The third-order valence-electron chi connectivity index (χ3n) is 4.55. The predicted octanol–water partition coefficient (Wildman–Crippen LogP) is 0.400. The van der Waals surface area contributed by atoms with Gasteiger partial charge in [-0.2, -0.15) is 0 Å². The fourth-order valence-electron chi connectivity index (χ4n) is 2.98. The molecule has 1 saturated heterocycles. The van der Waals surface area contributed by atoms with Crippen molar-refractivity contribution in [2.45, 2.75) is 12.2 Å². The maximum Gasteiger partial charge on any atom is 0.335 e. The van der Waals surface area contributed by atoms with Crippen molar-refractivity contribution in [2.75, 3.05) is 23.4 Å². The van der Waals surface area contributed by atoms with Gasteiger partial charge in [0.2, 0.25) is 0 Å². The molecule has 2 aromatic rings. The first-order valence-electron chi connectivity index (χ1n) is 8.97. The van der Waals surface area contributed by atoms with Crippen molar-refractivity contribution in [3.63, 3.8) is 0 Å². The largest absolute Gasteiger partial charge is 0.478 e. The number of morpholine rings is 1. The Morgan fingerprint density at radius 3 is 2.53 bits per heavy atom. The molecule has 156 valence electrons. The number of ether oxygens (including phenoxy) is 1. The summed E-state index contributed by atoms with van der Waals surface area (Å²) in [7, 11) is 0. The minimum Gasteiger partial charge on any atom is -0.478 e. The van der Waals surface area contributed by atoms with Crippen LogP contribution in [0, 0.1) is 5.41 Å². The number of aromatic carboxylic acids is 1. The van der Waals surface area contributed by atoms with Crippen molar-refractivity contribution in [1.82, 2.24) is 0 Å². The number of rotatable bonds is 6. The van der Waals surface area contributed by atoms with E-state index in [2.05, 4.69) is 5.32 Å². The smallest absolute Gasteiger partial charge is 0.335 e. The van der Waals surface area contributed by atoms with Crippen molar-refractivity contribution in [3.05, 3.63) is 59.7 Å². The summed E-state index contributed by atoms with van der Waals surface area (Å²) in [5.74, 6) is -2.76. The van der Waals surface area contributed by atoms with Crippen molar-refractivity contribution in [2.24, 2.45) is 5.73 Å². The summed E-state index contributed by atoms with van der Waals surface area (Å²) >= 11 is 0. The molecule has 1 fully saturated rings. The molecule has 2 atom stereocenters. The van der Waals surface area contributed by atoms with Gasteiger partial charge in [0.15, 0.2) is 12.2 Å². The van der Waals surface area contributed by atoms with Gasteiger partial charge in [0.25, 0.3) is 11.8 Å². The van der Waals surface area contributed by atoms with Crippen molar-refractivity contribution >= 4 is 35.0 Å². The van der Waals surface area contributed by atoms with Gasteiger partial charge in [0.1, 0.15) is 5.84 Å². The van der Waals surface area contributed by atoms with E-state index in [1.165, 1.54) is 47.4 Å². The number of aliphatic hydroxyl groups is 1. The van der Waals surface area contributed by atoms with Crippen LogP contribution >= 0.6 is 0 Å². The monoisotopic (exact) mass is 412 g/mol. The molecule has 30 heavy (non-hydrogen) atoms. The minimum absolute atomic E-state index is 0.00985. The summed E-state index contributed by atoms with van der Waals surface area (Å²) in [4.78, 5) is 37.7. The van der Waals surface area contributed by atoms with Crippen LogP contribution in [0.1, 0.15) is 15.9 Å². The summed E-state index contributed by atoms with van der Waals surface area (Å²) < 4.78 is 5.33. The van der Waals surface area contributed by atoms with Crippen molar-refractivity contribution in [1.29, 1.82) is 5.41 Å². The van der Waals surface area contributed by atoms with E-state index in [4.69, 9.17) is 21.0 Å². The number of nitrogen functional groups attached to an aromatic ring is 1. The van der Waals surface area contributed by atoms with Gasteiger partial charge < -0.3 is 30.9 Å². The van der Waals surface area contributed by atoms with Crippen molar-refractivity contribution < 1.29 is 29.3 Å². The van der Waals surface area contributed by atoms with E-state index in [0.717, 1.165) is 0 Å². The lowest BCUT2D eigenvalue weighted by molar-refractivity contribution is -0.150. The third-order valence-corrected chi connectivity index (χ3v) is 4.55. The summed E-state index contributed by atoms with van der Waals surface area (Å²) in [5, 5.41) is 29.4. The standard InChI is InChI=1S/C20H20N4O6/c21-17(22)11-4-6-13(7-5-11)23-18(26)15(25)16-19(27)24(8-9-30-16)14-3-1-2-12(10-14)20(28)29/h1-7,10,15-16,25H,8-9H2,(H3,21,22)(H,23,26)(H,28,29)/t15-,16-/m1/s1. The van der Waals surface area contributed by atoms with E-state index >= 15 is 0 Å². The molecule has 2 amide bonds. The van der Waals surface area contributed by atoms with Crippen LogP contribution in [-0.4, -0.2) is 59.2 Å². The zero-order valence-corrected chi connectivity index (χ0v) is 15.7. The highest BCUT2D eigenvalue weighted by molar-refractivity contribution is 6.04. The molecule has 0 radical (unpaired) electrons. The number of carboxylic acids is 1. The number of amidine groups is 1. The van der Waals surface area contributed by atoms with Gasteiger partial charge >= 0.3 is 5.97 Å². The Kier molecular flexibility index (Phi) is 6.09. The first-order chi connectivity index (χ1) is 14.3.